The fraction of sp³-hybridized carbons (Fsp3) is 0.533. The lowest BCUT2D eigenvalue weighted by molar-refractivity contribution is -0.143. The third-order valence-corrected chi connectivity index (χ3v) is 3.56. The fourth-order valence-electron chi connectivity index (χ4n) is 2.55. The van der Waals surface area contributed by atoms with Crippen LogP contribution >= 0.6 is 0 Å². The van der Waals surface area contributed by atoms with E-state index >= 15 is 0 Å². The first-order valence-corrected chi connectivity index (χ1v) is 6.95. The van der Waals surface area contributed by atoms with Crippen molar-refractivity contribution in [3.05, 3.63) is 33.7 Å². The molecule has 0 saturated carbocycles. The van der Waals surface area contributed by atoms with Crippen LogP contribution < -0.4 is 5.56 Å². The molecule has 21 heavy (non-hydrogen) atoms. The van der Waals surface area contributed by atoms with Crippen molar-refractivity contribution in [1.29, 1.82) is 5.26 Å². The summed E-state index contributed by atoms with van der Waals surface area (Å²) in [7, 11) is 0. The molecule has 0 aliphatic carbocycles. The average molecular weight is 289 g/mol. The van der Waals surface area contributed by atoms with Crippen molar-refractivity contribution in [3.8, 4) is 6.07 Å². The summed E-state index contributed by atoms with van der Waals surface area (Å²) in [6.45, 7) is 6.54. The van der Waals surface area contributed by atoms with Crippen molar-refractivity contribution in [3.63, 3.8) is 0 Å². The van der Waals surface area contributed by atoms with Crippen LogP contribution in [0, 0.1) is 18.3 Å². The minimum Gasteiger partial charge on any atom is -0.372 e. The Bertz CT molecular complexity index is 635. The van der Waals surface area contributed by atoms with Gasteiger partial charge in [0, 0.05) is 19.3 Å². The molecule has 0 aromatic carbocycles. The van der Waals surface area contributed by atoms with Gasteiger partial charge in [0.2, 0.25) is 5.91 Å². The van der Waals surface area contributed by atoms with Gasteiger partial charge in [-0.2, -0.15) is 5.26 Å². The Morgan fingerprint density at radius 3 is 2.62 bits per heavy atom. The van der Waals surface area contributed by atoms with Gasteiger partial charge in [-0.25, -0.2) is 0 Å². The molecule has 0 spiro atoms. The van der Waals surface area contributed by atoms with Crippen molar-refractivity contribution in [1.82, 2.24) is 9.47 Å². The van der Waals surface area contributed by atoms with E-state index in [0.29, 0.717) is 18.7 Å². The Morgan fingerprint density at radius 1 is 1.43 bits per heavy atom. The van der Waals surface area contributed by atoms with E-state index in [1.165, 1.54) is 4.57 Å². The number of carbonyl (C=O) groups is 1. The highest BCUT2D eigenvalue weighted by atomic mass is 16.5. The van der Waals surface area contributed by atoms with Gasteiger partial charge in [0.25, 0.3) is 5.56 Å². The number of nitrogens with zero attached hydrogens (tertiary/aromatic N) is 3. The molecule has 6 heteroatoms. The zero-order valence-electron chi connectivity index (χ0n) is 12.5. The number of rotatable bonds is 2. The van der Waals surface area contributed by atoms with Crippen LogP contribution in [0.2, 0.25) is 0 Å². The molecule has 0 radical (unpaired) electrons. The predicted octanol–water partition coefficient (Wildman–Crippen LogP) is 0.664. The highest BCUT2D eigenvalue weighted by Gasteiger charge is 2.26. The van der Waals surface area contributed by atoms with Crippen molar-refractivity contribution >= 4 is 5.91 Å². The summed E-state index contributed by atoms with van der Waals surface area (Å²) in [5, 5.41) is 9.00. The third kappa shape index (κ3) is 3.31. The number of carbonyl (C=O) groups excluding carboxylic acids is 1. The van der Waals surface area contributed by atoms with Gasteiger partial charge in [-0.1, -0.05) is 0 Å². The number of nitriles is 1. The third-order valence-electron chi connectivity index (χ3n) is 3.56. The first-order valence-electron chi connectivity index (χ1n) is 6.95. The summed E-state index contributed by atoms with van der Waals surface area (Å²) in [4.78, 5) is 26.1. The highest BCUT2D eigenvalue weighted by molar-refractivity contribution is 5.76. The Hall–Kier alpha value is -2.13. The van der Waals surface area contributed by atoms with Crippen molar-refractivity contribution in [2.75, 3.05) is 13.1 Å². The first kappa shape index (κ1) is 15.3. The largest absolute Gasteiger partial charge is 0.372 e. The van der Waals surface area contributed by atoms with E-state index in [2.05, 4.69) is 0 Å². The van der Waals surface area contributed by atoms with E-state index in [1.54, 1.807) is 24.1 Å². The Balaban J connectivity index is 2.17. The molecule has 0 N–H and O–H groups in total. The maximum absolute atomic E-state index is 12.3. The number of hydrogen-bond acceptors (Lipinski definition) is 4. The molecule has 1 aromatic heterocycles. The van der Waals surface area contributed by atoms with E-state index in [9.17, 15) is 9.59 Å². The molecule has 0 bridgehead atoms. The fourth-order valence-corrected chi connectivity index (χ4v) is 2.55. The number of amides is 1. The topological polar surface area (TPSA) is 75.3 Å². The lowest BCUT2D eigenvalue weighted by Gasteiger charge is -2.35. The van der Waals surface area contributed by atoms with Crippen LogP contribution in [0.1, 0.15) is 25.0 Å². The molecule has 1 amide bonds. The van der Waals surface area contributed by atoms with E-state index in [-0.39, 0.29) is 30.2 Å². The van der Waals surface area contributed by atoms with Gasteiger partial charge < -0.3 is 14.2 Å². The van der Waals surface area contributed by atoms with Crippen LogP contribution in [0.3, 0.4) is 0 Å². The van der Waals surface area contributed by atoms with Crippen molar-refractivity contribution in [2.45, 2.75) is 39.5 Å². The summed E-state index contributed by atoms with van der Waals surface area (Å²) < 4.78 is 6.88. The van der Waals surface area contributed by atoms with Gasteiger partial charge in [0.15, 0.2) is 0 Å². The molecular formula is C15H19N3O3. The summed E-state index contributed by atoms with van der Waals surface area (Å²) in [5.41, 5.74) is 0.300. The minimum absolute atomic E-state index is 0.0119. The van der Waals surface area contributed by atoms with E-state index in [1.807, 2.05) is 19.9 Å². The Morgan fingerprint density at radius 2 is 2.05 bits per heavy atom. The molecule has 1 aliphatic heterocycles. The second kappa shape index (κ2) is 6.10. The smallest absolute Gasteiger partial charge is 0.269 e. The summed E-state index contributed by atoms with van der Waals surface area (Å²) in [6.07, 6.45) is 1.54. The summed E-state index contributed by atoms with van der Waals surface area (Å²) in [5.74, 6) is -0.133. The van der Waals surface area contributed by atoms with Crippen LogP contribution in [-0.4, -0.2) is 40.7 Å². The van der Waals surface area contributed by atoms with Gasteiger partial charge in [-0.3, -0.25) is 9.59 Å². The van der Waals surface area contributed by atoms with E-state index in [0.717, 1.165) is 0 Å². The SMILES string of the molecule is Cc1ccn(CC(=O)N2C[C@H](C)O[C@@H](C)C2)c(=O)c1C#N. The summed E-state index contributed by atoms with van der Waals surface area (Å²) in [6, 6.07) is 3.57. The Labute approximate surface area is 123 Å². The number of pyridine rings is 1. The van der Waals surface area contributed by atoms with Gasteiger partial charge in [-0.15, -0.1) is 0 Å². The zero-order chi connectivity index (χ0) is 15.6. The molecule has 2 heterocycles. The van der Waals surface area contributed by atoms with Gasteiger partial charge in [0.05, 0.1) is 12.2 Å². The zero-order valence-corrected chi connectivity index (χ0v) is 12.5. The lowest BCUT2D eigenvalue weighted by Crippen LogP contribution is -2.49. The maximum Gasteiger partial charge on any atom is 0.269 e. The molecule has 1 saturated heterocycles. The number of hydrogen-bond donors (Lipinski definition) is 0. The maximum atomic E-state index is 12.3. The molecule has 112 valence electrons. The molecule has 2 rings (SSSR count). The number of morpholine rings is 1. The van der Waals surface area contributed by atoms with Crippen molar-refractivity contribution < 1.29 is 9.53 Å². The molecule has 1 aliphatic rings. The number of ether oxygens (including phenoxy) is 1. The average Bonchev–Trinajstić information content (AvgIpc) is 2.41. The second-order valence-corrected chi connectivity index (χ2v) is 5.47. The summed E-state index contributed by atoms with van der Waals surface area (Å²) >= 11 is 0. The molecule has 6 nitrogen and oxygen atoms in total. The van der Waals surface area contributed by atoms with Gasteiger partial charge in [-0.05, 0) is 32.4 Å². The van der Waals surface area contributed by atoms with E-state index < -0.39 is 5.56 Å². The van der Waals surface area contributed by atoms with Gasteiger partial charge in [0.1, 0.15) is 18.2 Å². The Kier molecular flexibility index (Phi) is 4.43. The van der Waals surface area contributed by atoms with Crippen molar-refractivity contribution in [2.24, 2.45) is 0 Å². The van der Waals surface area contributed by atoms with Crippen LogP contribution in [0.5, 0.6) is 0 Å². The highest BCUT2D eigenvalue weighted by Crippen LogP contribution is 2.11. The van der Waals surface area contributed by atoms with Crippen LogP contribution in [0.4, 0.5) is 0 Å². The molecule has 1 fully saturated rings. The van der Waals surface area contributed by atoms with Crippen LogP contribution in [0.25, 0.3) is 0 Å². The molecule has 1 aromatic rings. The first-order chi connectivity index (χ1) is 9.92. The van der Waals surface area contributed by atoms with Gasteiger partial charge >= 0.3 is 0 Å². The lowest BCUT2D eigenvalue weighted by atomic mass is 10.2. The van der Waals surface area contributed by atoms with Crippen LogP contribution in [0.15, 0.2) is 17.1 Å². The van der Waals surface area contributed by atoms with Crippen LogP contribution in [-0.2, 0) is 16.1 Å². The minimum atomic E-state index is -0.416. The number of aromatic nitrogens is 1. The molecular weight excluding hydrogens is 270 g/mol. The monoisotopic (exact) mass is 289 g/mol. The second-order valence-electron chi connectivity index (χ2n) is 5.47. The number of aryl methyl sites for hydroxylation is 1. The standard InChI is InChI=1S/C15H19N3O3/c1-10-4-5-17(15(20)13(10)6-16)9-14(19)18-7-11(2)21-12(3)8-18/h4-5,11-12H,7-9H2,1-3H3/t11-,12-/m0/s1. The van der Waals surface area contributed by atoms with E-state index in [4.69, 9.17) is 10.00 Å². The quantitative estimate of drug-likeness (QED) is 0.801. The molecule has 0 unspecified atom stereocenters. The molecule has 2 atom stereocenters. The normalized spacial score (nSPS) is 21.9. The predicted molar refractivity (Wildman–Crippen MR) is 76.7 cm³/mol.